The molecule has 2 rings (SSSR count). The summed E-state index contributed by atoms with van der Waals surface area (Å²) >= 11 is 1.35. The van der Waals surface area contributed by atoms with Crippen molar-refractivity contribution in [2.75, 3.05) is 13.4 Å². The molecule has 0 N–H and O–H groups in total. The Labute approximate surface area is 141 Å². The van der Waals surface area contributed by atoms with Gasteiger partial charge < -0.3 is 9.47 Å². The second-order valence-electron chi connectivity index (χ2n) is 4.69. The first-order valence-corrected chi connectivity index (χ1v) is 8.00. The van der Waals surface area contributed by atoms with Gasteiger partial charge in [-0.3, -0.25) is 10.1 Å². The lowest BCUT2D eigenvalue weighted by molar-refractivity contribution is -0.385. The van der Waals surface area contributed by atoms with E-state index in [1.54, 1.807) is 18.4 Å². The molecule has 0 aromatic heterocycles. The van der Waals surface area contributed by atoms with E-state index in [-0.39, 0.29) is 23.6 Å². The van der Waals surface area contributed by atoms with Crippen molar-refractivity contribution in [3.63, 3.8) is 0 Å². The third-order valence-corrected chi connectivity index (χ3v) is 3.93. The van der Waals surface area contributed by atoms with Crippen LogP contribution in [0.3, 0.4) is 0 Å². The fourth-order valence-electron chi connectivity index (χ4n) is 1.99. The summed E-state index contributed by atoms with van der Waals surface area (Å²) in [6, 6.07) is 8.35. The molecule has 8 heteroatoms. The van der Waals surface area contributed by atoms with Gasteiger partial charge in [0.1, 0.15) is 12.2 Å². The van der Waals surface area contributed by atoms with Crippen LogP contribution in [0, 0.1) is 15.9 Å². The minimum atomic E-state index is -0.839. The maximum Gasteiger partial charge on any atom is 0.345 e. The second-order valence-corrected chi connectivity index (χ2v) is 5.56. The summed E-state index contributed by atoms with van der Waals surface area (Å²) < 4.78 is 23.5. The Morgan fingerprint density at radius 1 is 1.29 bits per heavy atom. The molecule has 0 saturated carbocycles. The minimum absolute atomic E-state index is 0.0772. The quantitative estimate of drug-likeness (QED) is 0.341. The molecule has 126 valence electrons. The number of nitro groups is 1. The molecule has 0 heterocycles. The number of hydrogen-bond acceptors (Lipinski definition) is 6. The number of halogens is 1. The fraction of sp³-hybridized carbons (Fsp3) is 0.188. The second kappa shape index (κ2) is 7.78. The normalized spacial score (nSPS) is 10.3. The van der Waals surface area contributed by atoms with Crippen molar-refractivity contribution < 1.29 is 23.6 Å². The number of benzene rings is 2. The Bertz CT molecular complexity index is 781. The predicted octanol–water partition coefficient (Wildman–Crippen LogP) is 3.82. The maximum atomic E-state index is 13.6. The van der Waals surface area contributed by atoms with E-state index in [4.69, 9.17) is 9.47 Å². The van der Waals surface area contributed by atoms with Crippen molar-refractivity contribution in [3.05, 3.63) is 63.5 Å². The number of hydrogen-bond donors (Lipinski definition) is 0. The number of thioether (sulfide) groups is 1. The molecule has 0 atom stereocenters. The summed E-state index contributed by atoms with van der Waals surface area (Å²) in [6.45, 7) is -0.208. The highest BCUT2D eigenvalue weighted by atomic mass is 32.2. The molecule has 0 aliphatic carbocycles. The molecule has 0 bridgehead atoms. The van der Waals surface area contributed by atoms with Crippen molar-refractivity contribution in [3.8, 4) is 5.75 Å². The summed E-state index contributed by atoms with van der Waals surface area (Å²) in [7, 11) is 1.34. The monoisotopic (exact) mass is 351 g/mol. The molecule has 0 amide bonds. The number of esters is 1. The lowest BCUT2D eigenvalue weighted by Gasteiger charge is -2.08. The number of rotatable bonds is 6. The molecule has 0 fully saturated rings. The van der Waals surface area contributed by atoms with Crippen LogP contribution in [0.25, 0.3) is 0 Å². The highest BCUT2D eigenvalue weighted by Gasteiger charge is 2.22. The molecule has 0 aliphatic rings. The van der Waals surface area contributed by atoms with E-state index in [2.05, 4.69) is 0 Å². The summed E-state index contributed by atoms with van der Waals surface area (Å²) in [5.41, 5.74) is -0.0649. The van der Waals surface area contributed by atoms with Gasteiger partial charge in [0.25, 0.3) is 5.69 Å². The summed E-state index contributed by atoms with van der Waals surface area (Å²) in [5, 5.41) is 11.0. The summed E-state index contributed by atoms with van der Waals surface area (Å²) in [6.07, 6.45) is 1.79. The first kappa shape index (κ1) is 17.7. The molecular weight excluding hydrogens is 337 g/mol. The average molecular weight is 351 g/mol. The molecule has 2 aromatic carbocycles. The molecule has 24 heavy (non-hydrogen) atoms. The fourth-order valence-corrected chi connectivity index (χ4v) is 2.43. The Hall–Kier alpha value is -2.61. The molecule has 6 nitrogen and oxygen atoms in total. The Balaban J connectivity index is 2.18. The third-order valence-electron chi connectivity index (χ3n) is 3.21. The van der Waals surface area contributed by atoms with Gasteiger partial charge in [0.2, 0.25) is 0 Å². The lowest BCUT2D eigenvalue weighted by Crippen LogP contribution is -2.08. The van der Waals surface area contributed by atoms with Gasteiger partial charge in [-0.15, -0.1) is 11.8 Å². The summed E-state index contributed by atoms with van der Waals surface area (Å²) in [4.78, 5) is 23.3. The van der Waals surface area contributed by atoms with Gasteiger partial charge in [0, 0.05) is 11.0 Å². The molecular formula is C16H14FNO5S. The number of nitro benzene ring substituents is 1. The van der Waals surface area contributed by atoms with Crippen LogP contribution in [0.1, 0.15) is 15.9 Å². The van der Waals surface area contributed by atoms with Gasteiger partial charge in [-0.2, -0.15) is 0 Å². The molecule has 0 spiro atoms. The molecule has 0 saturated heterocycles. The Kier molecular flexibility index (Phi) is 5.75. The van der Waals surface area contributed by atoms with Crippen molar-refractivity contribution in [2.45, 2.75) is 11.5 Å². The largest absolute Gasteiger partial charge is 0.494 e. The van der Waals surface area contributed by atoms with Crippen LogP contribution in [0.5, 0.6) is 5.75 Å². The number of methoxy groups -OCH3 is 1. The zero-order valence-electron chi connectivity index (χ0n) is 12.9. The SMILES string of the molecule is COc1ccc(COC(=O)c2cc(SC)ccc2[N+](=O)[O-])cc1F. The predicted molar refractivity (Wildman–Crippen MR) is 86.9 cm³/mol. The van der Waals surface area contributed by atoms with E-state index >= 15 is 0 Å². The smallest absolute Gasteiger partial charge is 0.345 e. The van der Waals surface area contributed by atoms with Crippen molar-refractivity contribution in [2.24, 2.45) is 0 Å². The van der Waals surface area contributed by atoms with Crippen molar-refractivity contribution >= 4 is 23.4 Å². The van der Waals surface area contributed by atoms with Gasteiger partial charge in [0.05, 0.1) is 12.0 Å². The zero-order chi connectivity index (χ0) is 17.7. The first-order valence-electron chi connectivity index (χ1n) is 6.78. The van der Waals surface area contributed by atoms with Crippen molar-refractivity contribution in [1.29, 1.82) is 0 Å². The maximum absolute atomic E-state index is 13.6. The van der Waals surface area contributed by atoms with Crippen molar-refractivity contribution in [1.82, 2.24) is 0 Å². The van der Waals surface area contributed by atoms with Gasteiger partial charge in [-0.1, -0.05) is 6.07 Å². The highest BCUT2D eigenvalue weighted by Crippen LogP contribution is 2.26. The number of ether oxygens (including phenoxy) is 2. The average Bonchev–Trinajstić information content (AvgIpc) is 2.59. The van der Waals surface area contributed by atoms with E-state index in [0.717, 1.165) is 0 Å². The topological polar surface area (TPSA) is 78.7 Å². The van der Waals surface area contributed by atoms with Crippen LogP contribution in [-0.2, 0) is 11.3 Å². The van der Waals surface area contributed by atoms with Crippen LogP contribution >= 0.6 is 11.8 Å². The standard InChI is InChI=1S/C16H14FNO5S/c1-22-15-6-3-10(7-13(15)17)9-23-16(19)12-8-11(24-2)4-5-14(12)18(20)21/h3-8H,9H2,1-2H3. The number of carbonyl (C=O) groups is 1. The van der Waals surface area contributed by atoms with E-state index in [9.17, 15) is 19.3 Å². The zero-order valence-corrected chi connectivity index (χ0v) is 13.8. The van der Waals surface area contributed by atoms with Crippen LogP contribution in [-0.4, -0.2) is 24.3 Å². The Morgan fingerprint density at radius 2 is 2.04 bits per heavy atom. The van der Waals surface area contributed by atoms with Crippen LogP contribution < -0.4 is 4.74 Å². The van der Waals surface area contributed by atoms with Crippen LogP contribution in [0.15, 0.2) is 41.3 Å². The van der Waals surface area contributed by atoms with Gasteiger partial charge in [-0.25, -0.2) is 9.18 Å². The third kappa shape index (κ3) is 4.02. The van der Waals surface area contributed by atoms with Crippen LogP contribution in [0.2, 0.25) is 0 Å². The first-order chi connectivity index (χ1) is 11.5. The van der Waals surface area contributed by atoms with E-state index in [1.165, 1.54) is 43.1 Å². The number of nitrogens with zero attached hydrogens (tertiary/aromatic N) is 1. The minimum Gasteiger partial charge on any atom is -0.494 e. The Morgan fingerprint density at radius 3 is 2.62 bits per heavy atom. The molecule has 2 aromatic rings. The molecule has 0 aliphatic heterocycles. The number of carbonyl (C=O) groups excluding carboxylic acids is 1. The summed E-state index contributed by atoms with van der Waals surface area (Å²) in [5.74, 6) is -1.34. The van der Waals surface area contributed by atoms with Gasteiger partial charge >= 0.3 is 5.97 Å². The molecule has 0 radical (unpaired) electrons. The van der Waals surface area contributed by atoms with E-state index in [1.807, 2.05) is 0 Å². The van der Waals surface area contributed by atoms with E-state index < -0.39 is 16.7 Å². The lowest BCUT2D eigenvalue weighted by atomic mass is 10.2. The van der Waals surface area contributed by atoms with E-state index in [0.29, 0.717) is 10.5 Å². The van der Waals surface area contributed by atoms with Gasteiger partial charge in [-0.05, 0) is 36.1 Å². The van der Waals surface area contributed by atoms with Crippen LogP contribution in [0.4, 0.5) is 10.1 Å². The molecule has 0 unspecified atom stereocenters. The van der Waals surface area contributed by atoms with Gasteiger partial charge in [0.15, 0.2) is 11.6 Å². The highest BCUT2D eigenvalue weighted by molar-refractivity contribution is 7.98.